The minimum absolute atomic E-state index is 0.0814. The van der Waals surface area contributed by atoms with Crippen LogP contribution in [0.25, 0.3) is 6.08 Å². The van der Waals surface area contributed by atoms with Crippen LogP contribution in [0, 0.1) is 17.2 Å². The normalized spacial score (nSPS) is 17.0. The number of carbonyl (C=O) groups excluding carboxylic acids is 1. The predicted octanol–water partition coefficient (Wildman–Crippen LogP) is 1.69. The quantitative estimate of drug-likeness (QED) is 0.698. The molecule has 2 rings (SSSR count). The van der Waals surface area contributed by atoms with Crippen LogP contribution in [0.3, 0.4) is 0 Å². The van der Waals surface area contributed by atoms with Gasteiger partial charge >= 0.3 is 0 Å². The van der Waals surface area contributed by atoms with E-state index in [1.54, 1.807) is 30.0 Å². The number of nitriles is 1. The lowest BCUT2D eigenvalue weighted by Gasteiger charge is -2.37. The summed E-state index contributed by atoms with van der Waals surface area (Å²) in [6, 6.07) is 8.62. The molecular formula is C20H28N4O3S. The molecule has 7 nitrogen and oxygen atoms in total. The lowest BCUT2D eigenvalue weighted by atomic mass is 10.0. The van der Waals surface area contributed by atoms with Crippen molar-refractivity contribution in [2.75, 3.05) is 32.7 Å². The molecule has 1 aromatic rings. The molecule has 1 fully saturated rings. The number of hydrogen-bond acceptors (Lipinski definition) is 5. The van der Waals surface area contributed by atoms with Crippen LogP contribution in [0.15, 0.2) is 35.2 Å². The zero-order valence-electron chi connectivity index (χ0n) is 16.6. The fraction of sp³-hybridized carbons (Fsp3) is 0.500. The maximum atomic E-state index is 12.4. The average Bonchev–Trinajstić information content (AvgIpc) is 2.67. The van der Waals surface area contributed by atoms with Gasteiger partial charge in [-0.05, 0) is 29.7 Å². The highest BCUT2D eigenvalue weighted by Crippen LogP contribution is 2.14. The number of carbonyl (C=O) groups is 1. The summed E-state index contributed by atoms with van der Waals surface area (Å²) in [4.78, 5) is 16.5. The van der Waals surface area contributed by atoms with E-state index < -0.39 is 10.0 Å². The van der Waals surface area contributed by atoms with Crippen molar-refractivity contribution in [3.8, 4) is 6.07 Å². The zero-order valence-corrected chi connectivity index (χ0v) is 17.4. The lowest BCUT2D eigenvalue weighted by Crippen LogP contribution is -2.52. The Morgan fingerprint density at radius 3 is 2.32 bits per heavy atom. The van der Waals surface area contributed by atoms with E-state index >= 15 is 0 Å². The third kappa shape index (κ3) is 5.64. The van der Waals surface area contributed by atoms with Crippen LogP contribution in [0.1, 0.15) is 26.3 Å². The number of piperazine rings is 1. The summed E-state index contributed by atoms with van der Waals surface area (Å²) in [5.41, 5.74) is 0.756. The highest BCUT2D eigenvalue weighted by Gasteiger charge is 2.26. The standard InChI is InChI=1S/C20H28N4O3S/c1-4-22-28(26,27)18-8-5-17(6-9-18)7-10-20(25)24-13-11-23(12-14-24)19(15-21)16(2)3/h5-10,16,19,22H,4,11-14H2,1-3H3/b10-7+. The Morgan fingerprint density at radius 2 is 1.82 bits per heavy atom. The second-order valence-corrected chi connectivity index (χ2v) is 8.85. The second kappa shape index (κ2) is 9.82. The number of nitrogens with one attached hydrogen (secondary N) is 1. The molecule has 28 heavy (non-hydrogen) atoms. The van der Waals surface area contributed by atoms with Crippen molar-refractivity contribution < 1.29 is 13.2 Å². The lowest BCUT2D eigenvalue weighted by molar-refractivity contribution is -0.127. The molecule has 1 aromatic carbocycles. The SMILES string of the molecule is CCNS(=O)(=O)c1ccc(/C=C/C(=O)N2CCN(C(C#N)C(C)C)CC2)cc1. The maximum absolute atomic E-state index is 12.4. The Hall–Kier alpha value is -2.21. The van der Waals surface area contributed by atoms with Crippen LogP contribution in [-0.4, -0.2) is 62.9 Å². The van der Waals surface area contributed by atoms with Crippen LogP contribution in [-0.2, 0) is 14.8 Å². The van der Waals surface area contributed by atoms with Gasteiger partial charge in [-0.15, -0.1) is 0 Å². The number of rotatable bonds is 7. The Kier molecular flexibility index (Phi) is 7.75. The number of hydrogen-bond donors (Lipinski definition) is 1. The monoisotopic (exact) mass is 404 g/mol. The first-order valence-electron chi connectivity index (χ1n) is 9.49. The van der Waals surface area contributed by atoms with E-state index in [1.807, 2.05) is 13.8 Å². The van der Waals surface area contributed by atoms with Crippen LogP contribution in [0.2, 0.25) is 0 Å². The smallest absolute Gasteiger partial charge is 0.246 e. The zero-order chi connectivity index (χ0) is 20.7. The van der Waals surface area contributed by atoms with Crippen LogP contribution < -0.4 is 4.72 Å². The molecule has 1 atom stereocenters. The summed E-state index contributed by atoms with van der Waals surface area (Å²) in [5.74, 6) is 0.175. The van der Waals surface area contributed by atoms with Crippen molar-refractivity contribution in [2.24, 2.45) is 5.92 Å². The van der Waals surface area contributed by atoms with Gasteiger partial charge in [0.25, 0.3) is 0 Å². The summed E-state index contributed by atoms with van der Waals surface area (Å²) < 4.78 is 26.3. The molecule has 0 aliphatic carbocycles. The van der Waals surface area contributed by atoms with Gasteiger partial charge in [-0.3, -0.25) is 9.69 Å². The highest BCUT2D eigenvalue weighted by molar-refractivity contribution is 7.89. The Balaban J connectivity index is 1.93. The first kappa shape index (κ1) is 22.1. The molecule has 0 aromatic heterocycles. The van der Waals surface area contributed by atoms with E-state index in [2.05, 4.69) is 15.7 Å². The summed E-state index contributed by atoms with van der Waals surface area (Å²) >= 11 is 0. The van der Waals surface area contributed by atoms with Crippen LogP contribution in [0.5, 0.6) is 0 Å². The minimum atomic E-state index is -3.47. The van der Waals surface area contributed by atoms with E-state index in [1.165, 1.54) is 18.2 Å². The molecule has 0 spiro atoms. The summed E-state index contributed by atoms with van der Waals surface area (Å²) in [7, 11) is -3.47. The van der Waals surface area contributed by atoms with Gasteiger partial charge in [0.05, 0.1) is 11.0 Å². The third-order valence-electron chi connectivity index (χ3n) is 4.73. The second-order valence-electron chi connectivity index (χ2n) is 7.08. The number of nitrogens with zero attached hydrogens (tertiary/aromatic N) is 3. The van der Waals surface area contributed by atoms with Gasteiger partial charge in [0.2, 0.25) is 15.9 Å². The molecular weight excluding hydrogens is 376 g/mol. The van der Waals surface area contributed by atoms with Gasteiger partial charge in [-0.2, -0.15) is 5.26 Å². The van der Waals surface area contributed by atoms with Crippen molar-refractivity contribution in [3.63, 3.8) is 0 Å². The Labute approximate surface area is 167 Å². The molecule has 0 saturated carbocycles. The molecule has 152 valence electrons. The van der Waals surface area contributed by atoms with Gasteiger partial charge < -0.3 is 4.90 Å². The van der Waals surface area contributed by atoms with Gasteiger partial charge in [0.15, 0.2) is 0 Å². The van der Waals surface area contributed by atoms with Gasteiger partial charge in [0.1, 0.15) is 6.04 Å². The molecule has 1 heterocycles. The number of benzene rings is 1. The first-order chi connectivity index (χ1) is 13.3. The molecule has 1 N–H and O–H groups in total. The first-order valence-corrected chi connectivity index (χ1v) is 11.0. The molecule has 1 aliphatic rings. The molecule has 0 bridgehead atoms. The molecule has 1 aliphatic heterocycles. The Bertz CT molecular complexity index is 833. The molecule has 1 unspecified atom stereocenters. The summed E-state index contributed by atoms with van der Waals surface area (Å²) in [5, 5.41) is 9.31. The minimum Gasteiger partial charge on any atom is -0.337 e. The molecule has 8 heteroatoms. The fourth-order valence-corrected chi connectivity index (χ4v) is 4.22. The molecule has 1 saturated heterocycles. The van der Waals surface area contributed by atoms with Crippen molar-refractivity contribution >= 4 is 22.0 Å². The van der Waals surface area contributed by atoms with Crippen molar-refractivity contribution in [3.05, 3.63) is 35.9 Å². The fourth-order valence-electron chi connectivity index (χ4n) is 3.18. The average molecular weight is 405 g/mol. The van der Waals surface area contributed by atoms with Crippen LogP contribution in [0.4, 0.5) is 0 Å². The molecule has 0 radical (unpaired) electrons. The van der Waals surface area contributed by atoms with Crippen molar-refractivity contribution in [2.45, 2.75) is 31.7 Å². The summed E-state index contributed by atoms with van der Waals surface area (Å²) in [6.07, 6.45) is 3.19. The predicted molar refractivity (Wildman–Crippen MR) is 109 cm³/mol. The highest BCUT2D eigenvalue weighted by atomic mass is 32.2. The largest absolute Gasteiger partial charge is 0.337 e. The van der Waals surface area contributed by atoms with Gasteiger partial charge in [-0.1, -0.05) is 32.9 Å². The van der Waals surface area contributed by atoms with E-state index in [9.17, 15) is 18.5 Å². The Morgan fingerprint density at radius 1 is 1.21 bits per heavy atom. The third-order valence-corrected chi connectivity index (χ3v) is 6.29. The molecule has 1 amide bonds. The topological polar surface area (TPSA) is 93.5 Å². The van der Waals surface area contributed by atoms with E-state index in [-0.39, 0.29) is 22.8 Å². The summed E-state index contributed by atoms with van der Waals surface area (Å²) in [6.45, 7) is 8.68. The number of amides is 1. The van der Waals surface area contributed by atoms with Crippen LogP contribution >= 0.6 is 0 Å². The van der Waals surface area contributed by atoms with Crippen molar-refractivity contribution in [1.82, 2.24) is 14.5 Å². The van der Waals surface area contributed by atoms with Gasteiger partial charge in [0, 0.05) is 38.8 Å². The van der Waals surface area contributed by atoms with Gasteiger partial charge in [-0.25, -0.2) is 13.1 Å². The van der Waals surface area contributed by atoms with E-state index in [0.29, 0.717) is 32.7 Å². The van der Waals surface area contributed by atoms with E-state index in [4.69, 9.17) is 0 Å². The van der Waals surface area contributed by atoms with Crippen molar-refractivity contribution in [1.29, 1.82) is 5.26 Å². The maximum Gasteiger partial charge on any atom is 0.246 e. The van der Waals surface area contributed by atoms with E-state index in [0.717, 1.165) is 5.56 Å². The number of sulfonamides is 1.